The minimum absolute atomic E-state index is 0.00351. The summed E-state index contributed by atoms with van der Waals surface area (Å²) in [5.41, 5.74) is 5.46. The van der Waals surface area contributed by atoms with Gasteiger partial charge in [-0.25, -0.2) is 0 Å². The summed E-state index contributed by atoms with van der Waals surface area (Å²) in [5.74, 6) is -0.470. The zero-order chi connectivity index (χ0) is 18.5. The molecule has 6 heteroatoms. The molecular formula is C19H35N3O3. The number of nitrogens with two attached hydrogens (primary N) is 1. The van der Waals surface area contributed by atoms with Crippen LogP contribution in [0.15, 0.2) is 0 Å². The van der Waals surface area contributed by atoms with Gasteiger partial charge in [-0.05, 0) is 32.1 Å². The van der Waals surface area contributed by atoms with Crippen molar-refractivity contribution >= 4 is 17.7 Å². The fourth-order valence-electron chi connectivity index (χ4n) is 3.30. The quantitative estimate of drug-likeness (QED) is 0.555. The SMILES string of the molecule is CCC(=O)NCCCC[C@H](NC(=O)C1CCCCCCCC1)C(N)=O. The Morgan fingerprint density at radius 1 is 1.00 bits per heavy atom. The highest BCUT2D eigenvalue weighted by Crippen LogP contribution is 2.22. The second kappa shape index (κ2) is 12.7. The predicted molar refractivity (Wildman–Crippen MR) is 98.7 cm³/mol. The molecule has 1 rings (SSSR count). The van der Waals surface area contributed by atoms with Crippen LogP contribution in [-0.2, 0) is 14.4 Å². The van der Waals surface area contributed by atoms with Gasteiger partial charge in [0.25, 0.3) is 0 Å². The van der Waals surface area contributed by atoms with Crippen LogP contribution in [0.25, 0.3) is 0 Å². The largest absolute Gasteiger partial charge is 0.368 e. The van der Waals surface area contributed by atoms with Crippen molar-refractivity contribution in [3.63, 3.8) is 0 Å². The van der Waals surface area contributed by atoms with E-state index in [1.807, 2.05) is 6.92 Å². The van der Waals surface area contributed by atoms with Crippen LogP contribution in [0.5, 0.6) is 0 Å². The lowest BCUT2D eigenvalue weighted by Crippen LogP contribution is -2.46. The van der Waals surface area contributed by atoms with Gasteiger partial charge < -0.3 is 16.4 Å². The summed E-state index contributed by atoms with van der Waals surface area (Å²) < 4.78 is 0. The summed E-state index contributed by atoms with van der Waals surface area (Å²) >= 11 is 0. The van der Waals surface area contributed by atoms with E-state index in [1.54, 1.807) is 0 Å². The maximum atomic E-state index is 12.5. The van der Waals surface area contributed by atoms with Crippen molar-refractivity contribution in [2.75, 3.05) is 6.54 Å². The van der Waals surface area contributed by atoms with Crippen LogP contribution in [0.3, 0.4) is 0 Å². The van der Waals surface area contributed by atoms with E-state index in [4.69, 9.17) is 5.73 Å². The monoisotopic (exact) mass is 353 g/mol. The molecule has 0 unspecified atom stereocenters. The smallest absolute Gasteiger partial charge is 0.239 e. The van der Waals surface area contributed by atoms with Crippen LogP contribution in [0.1, 0.15) is 84.0 Å². The molecule has 0 saturated heterocycles. The van der Waals surface area contributed by atoms with Crippen molar-refractivity contribution < 1.29 is 14.4 Å². The van der Waals surface area contributed by atoms with Gasteiger partial charge in [0.15, 0.2) is 0 Å². The summed E-state index contributed by atoms with van der Waals surface area (Å²) in [4.78, 5) is 35.4. The molecule has 1 aliphatic carbocycles. The van der Waals surface area contributed by atoms with E-state index in [2.05, 4.69) is 10.6 Å². The molecule has 0 aliphatic heterocycles. The first-order valence-corrected chi connectivity index (χ1v) is 9.91. The number of primary amides is 1. The second-order valence-corrected chi connectivity index (χ2v) is 7.06. The summed E-state index contributed by atoms with van der Waals surface area (Å²) in [7, 11) is 0. The molecule has 1 atom stereocenters. The zero-order valence-electron chi connectivity index (χ0n) is 15.6. The highest BCUT2D eigenvalue weighted by Gasteiger charge is 2.24. The normalized spacial score (nSPS) is 17.6. The highest BCUT2D eigenvalue weighted by molar-refractivity contribution is 5.87. The lowest BCUT2D eigenvalue weighted by Gasteiger charge is -2.20. The standard InChI is InChI=1S/C19H35N3O3/c1-2-17(23)21-14-10-9-13-16(18(20)24)22-19(25)15-11-7-5-3-4-6-8-12-15/h15-16H,2-14H2,1H3,(H2,20,24)(H,21,23)(H,22,25)/t16-/m0/s1. The minimum Gasteiger partial charge on any atom is -0.368 e. The van der Waals surface area contributed by atoms with Crippen molar-refractivity contribution in [2.45, 2.75) is 90.0 Å². The number of nitrogens with one attached hydrogen (secondary N) is 2. The first kappa shape index (κ1) is 21.5. The Morgan fingerprint density at radius 2 is 1.60 bits per heavy atom. The average Bonchev–Trinajstić information content (AvgIpc) is 2.73. The van der Waals surface area contributed by atoms with Crippen molar-refractivity contribution in [1.29, 1.82) is 0 Å². The van der Waals surface area contributed by atoms with Crippen molar-refractivity contribution in [3.05, 3.63) is 0 Å². The maximum absolute atomic E-state index is 12.5. The van der Waals surface area contributed by atoms with Crippen LogP contribution >= 0.6 is 0 Å². The third-order valence-electron chi connectivity index (χ3n) is 4.95. The summed E-state index contributed by atoms with van der Waals surface area (Å²) in [6, 6.07) is -0.609. The molecule has 25 heavy (non-hydrogen) atoms. The van der Waals surface area contributed by atoms with Crippen molar-refractivity contribution in [1.82, 2.24) is 10.6 Å². The molecule has 0 radical (unpaired) electrons. The topological polar surface area (TPSA) is 101 Å². The zero-order valence-corrected chi connectivity index (χ0v) is 15.6. The molecule has 4 N–H and O–H groups in total. The Hall–Kier alpha value is -1.59. The van der Waals surface area contributed by atoms with E-state index in [0.717, 1.165) is 38.5 Å². The predicted octanol–water partition coefficient (Wildman–Crippen LogP) is 2.40. The van der Waals surface area contributed by atoms with Gasteiger partial charge in [-0.15, -0.1) is 0 Å². The van der Waals surface area contributed by atoms with E-state index in [9.17, 15) is 14.4 Å². The Labute approximate surface area is 151 Å². The molecule has 3 amide bonds. The van der Waals surface area contributed by atoms with Gasteiger partial charge in [0.1, 0.15) is 6.04 Å². The van der Waals surface area contributed by atoms with Gasteiger partial charge in [0, 0.05) is 18.9 Å². The molecule has 0 bridgehead atoms. The summed E-state index contributed by atoms with van der Waals surface area (Å²) in [6.45, 7) is 2.40. The van der Waals surface area contributed by atoms with Gasteiger partial charge in [0.05, 0.1) is 0 Å². The third-order valence-corrected chi connectivity index (χ3v) is 4.95. The first-order valence-electron chi connectivity index (χ1n) is 9.91. The van der Waals surface area contributed by atoms with E-state index in [1.165, 1.54) is 25.7 Å². The Morgan fingerprint density at radius 3 is 2.16 bits per heavy atom. The maximum Gasteiger partial charge on any atom is 0.239 e. The van der Waals surface area contributed by atoms with Gasteiger partial charge in [-0.3, -0.25) is 14.4 Å². The van der Waals surface area contributed by atoms with Crippen LogP contribution < -0.4 is 16.4 Å². The van der Waals surface area contributed by atoms with Crippen LogP contribution in [0.4, 0.5) is 0 Å². The number of amides is 3. The summed E-state index contributed by atoms with van der Waals surface area (Å²) in [5, 5.41) is 5.67. The fourth-order valence-corrected chi connectivity index (χ4v) is 3.30. The van der Waals surface area contributed by atoms with Gasteiger partial charge in [-0.2, -0.15) is 0 Å². The lowest BCUT2D eigenvalue weighted by atomic mass is 9.95. The molecular weight excluding hydrogens is 318 g/mol. The van der Waals surface area contributed by atoms with E-state index < -0.39 is 11.9 Å². The van der Waals surface area contributed by atoms with Gasteiger partial charge in [0.2, 0.25) is 17.7 Å². The van der Waals surface area contributed by atoms with Crippen LogP contribution in [0, 0.1) is 5.92 Å². The second-order valence-electron chi connectivity index (χ2n) is 7.06. The molecule has 6 nitrogen and oxygen atoms in total. The van der Waals surface area contributed by atoms with Gasteiger partial charge >= 0.3 is 0 Å². The number of rotatable bonds is 9. The van der Waals surface area contributed by atoms with Crippen molar-refractivity contribution in [3.8, 4) is 0 Å². The summed E-state index contributed by atoms with van der Waals surface area (Å²) in [6.07, 6.45) is 11.4. The number of hydrogen-bond acceptors (Lipinski definition) is 3. The third kappa shape index (κ3) is 9.46. The Kier molecular flexibility index (Phi) is 10.9. The molecule has 1 aliphatic rings. The molecule has 0 aromatic rings. The first-order chi connectivity index (χ1) is 12.0. The van der Waals surface area contributed by atoms with Gasteiger partial charge in [-0.1, -0.05) is 45.4 Å². The van der Waals surface area contributed by atoms with E-state index in [-0.39, 0.29) is 17.7 Å². The number of unbranched alkanes of at least 4 members (excludes halogenated alkanes) is 1. The molecule has 144 valence electrons. The number of hydrogen-bond donors (Lipinski definition) is 3. The van der Waals surface area contributed by atoms with Crippen LogP contribution in [-0.4, -0.2) is 30.3 Å². The van der Waals surface area contributed by atoms with Crippen LogP contribution in [0.2, 0.25) is 0 Å². The Balaban J connectivity index is 2.37. The molecule has 0 aromatic carbocycles. The lowest BCUT2D eigenvalue weighted by molar-refractivity contribution is -0.130. The molecule has 0 heterocycles. The van der Waals surface area contributed by atoms with Crippen molar-refractivity contribution in [2.24, 2.45) is 11.7 Å². The highest BCUT2D eigenvalue weighted by atomic mass is 16.2. The molecule has 1 fully saturated rings. The minimum atomic E-state index is -0.609. The molecule has 0 aromatic heterocycles. The fraction of sp³-hybridized carbons (Fsp3) is 0.842. The van der Waals surface area contributed by atoms with E-state index in [0.29, 0.717) is 19.4 Å². The molecule has 1 saturated carbocycles. The average molecular weight is 354 g/mol. The number of carbonyl (C=O) groups is 3. The Bertz CT molecular complexity index is 416. The number of carbonyl (C=O) groups excluding carboxylic acids is 3. The van der Waals surface area contributed by atoms with E-state index >= 15 is 0 Å². The molecule has 0 spiro atoms.